The van der Waals surface area contributed by atoms with Gasteiger partial charge in [-0.3, -0.25) is 4.99 Å². The number of sulfonamides is 1. The van der Waals surface area contributed by atoms with Crippen LogP contribution in [0.4, 0.5) is 0 Å². The van der Waals surface area contributed by atoms with Gasteiger partial charge in [-0.2, -0.15) is 0 Å². The van der Waals surface area contributed by atoms with Crippen LogP contribution in [0.5, 0.6) is 0 Å². The number of ether oxygens (including phenoxy) is 1. The summed E-state index contributed by atoms with van der Waals surface area (Å²) in [7, 11) is -1.76. The second-order valence-corrected chi connectivity index (χ2v) is 9.61. The number of aliphatic imine (C=N–C) groups is 1. The molecule has 1 heterocycles. The molecule has 7 nitrogen and oxygen atoms in total. The highest BCUT2D eigenvalue weighted by atomic mass is 127. The van der Waals surface area contributed by atoms with Crippen LogP contribution in [-0.2, 0) is 21.3 Å². The first-order valence-electron chi connectivity index (χ1n) is 10.9. The number of benzene rings is 1. The Kier molecular flexibility index (Phi) is 11.3. The summed E-state index contributed by atoms with van der Waals surface area (Å²) in [6.45, 7) is 2.47. The van der Waals surface area contributed by atoms with Crippen LogP contribution in [0, 0.1) is 0 Å². The molecule has 3 rings (SSSR count). The van der Waals surface area contributed by atoms with Crippen molar-refractivity contribution in [1.82, 2.24) is 15.4 Å². The van der Waals surface area contributed by atoms with Gasteiger partial charge in [-0.05, 0) is 62.6 Å². The van der Waals surface area contributed by atoms with Crippen molar-refractivity contribution in [1.29, 1.82) is 0 Å². The Labute approximate surface area is 203 Å². The predicted molar refractivity (Wildman–Crippen MR) is 135 cm³/mol. The minimum Gasteiger partial charge on any atom is -0.377 e. The molecule has 1 aliphatic carbocycles. The zero-order valence-corrected chi connectivity index (χ0v) is 21.4. The van der Waals surface area contributed by atoms with Gasteiger partial charge in [0.15, 0.2) is 5.96 Å². The van der Waals surface area contributed by atoms with E-state index < -0.39 is 10.0 Å². The van der Waals surface area contributed by atoms with Crippen LogP contribution in [0.2, 0.25) is 0 Å². The van der Waals surface area contributed by atoms with Crippen LogP contribution in [0.1, 0.15) is 50.5 Å². The maximum absolute atomic E-state index is 12.4. The Morgan fingerprint density at radius 2 is 1.97 bits per heavy atom. The number of hydrogen-bond donors (Lipinski definition) is 3. The standard InChI is InChI=1S/C22H34N4O3S.HI/c1-23-22(24-14-13-18-6-3-2-4-7-18)25-16-19-9-11-21(12-10-19)30(27,28)26-17-20-8-5-15-29-20;/h6,9-12,20,26H,2-5,7-8,13-17H2,1H3,(H2,23,24,25);1H. The van der Waals surface area contributed by atoms with Crippen molar-refractivity contribution < 1.29 is 13.2 Å². The lowest BCUT2D eigenvalue weighted by atomic mass is 9.97. The van der Waals surface area contributed by atoms with Crippen molar-refractivity contribution >= 4 is 40.0 Å². The molecule has 0 radical (unpaired) electrons. The van der Waals surface area contributed by atoms with E-state index in [1.807, 2.05) is 12.1 Å². The lowest BCUT2D eigenvalue weighted by molar-refractivity contribution is 0.114. The molecule has 0 saturated carbocycles. The van der Waals surface area contributed by atoms with Gasteiger partial charge in [0.1, 0.15) is 0 Å². The molecule has 1 aromatic carbocycles. The number of allylic oxidation sites excluding steroid dienone is 1. The first-order chi connectivity index (χ1) is 14.6. The van der Waals surface area contributed by atoms with E-state index in [1.165, 1.54) is 31.3 Å². The molecule has 9 heteroatoms. The molecule has 1 fully saturated rings. The van der Waals surface area contributed by atoms with Crippen LogP contribution in [0.3, 0.4) is 0 Å². The third-order valence-electron chi connectivity index (χ3n) is 5.57. The molecule has 31 heavy (non-hydrogen) atoms. The van der Waals surface area contributed by atoms with E-state index in [9.17, 15) is 8.42 Å². The van der Waals surface area contributed by atoms with Gasteiger partial charge in [0.2, 0.25) is 10.0 Å². The van der Waals surface area contributed by atoms with Crippen molar-refractivity contribution in [2.75, 3.05) is 26.7 Å². The van der Waals surface area contributed by atoms with Crippen LogP contribution in [0.25, 0.3) is 0 Å². The van der Waals surface area contributed by atoms with Gasteiger partial charge in [-0.25, -0.2) is 13.1 Å². The summed E-state index contributed by atoms with van der Waals surface area (Å²) >= 11 is 0. The summed E-state index contributed by atoms with van der Waals surface area (Å²) in [6.07, 6.45) is 10.3. The smallest absolute Gasteiger partial charge is 0.240 e. The number of hydrogen-bond acceptors (Lipinski definition) is 4. The first kappa shape index (κ1) is 26.1. The van der Waals surface area contributed by atoms with Gasteiger partial charge >= 0.3 is 0 Å². The fraction of sp³-hybridized carbons (Fsp3) is 0.591. The highest BCUT2D eigenvalue weighted by molar-refractivity contribution is 14.0. The Balaban J connectivity index is 0.00000341. The predicted octanol–water partition coefficient (Wildman–Crippen LogP) is 3.32. The van der Waals surface area contributed by atoms with E-state index in [1.54, 1.807) is 19.2 Å². The molecule has 1 aliphatic heterocycles. The monoisotopic (exact) mass is 562 g/mol. The molecule has 174 valence electrons. The van der Waals surface area contributed by atoms with Gasteiger partial charge in [-0.15, -0.1) is 24.0 Å². The SMILES string of the molecule is CN=C(NCCC1=CCCCC1)NCc1ccc(S(=O)(=O)NCC2CCCO2)cc1.I. The fourth-order valence-electron chi connectivity index (χ4n) is 3.76. The lowest BCUT2D eigenvalue weighted by Gasteiger charge is -2.15. The number of guanidine groups is 1. The van der Waals surface area contributed by atoms with Crippen molar-refractivity contribution in [2.45, 2.75) is 62.5 Å². The van der Waals surface area contributed by atoms with Crippen molar-refractivity contribution in [2.24, 2.45) is 4.99 Å². The van der Waals surface area contributed by atoms with Gasteiger partial charge in [-0.1, -0.05) is 23.8 Å². The summed E-state index contributed by atoms with van der Waals surface area (Å²) < 4.78 is 33.0. The average molecular weight is 563 g/mol. The van der Waals surface area contributed by atoms with Gasteiger partial charge in [0, 0.05) is 33.3 Å². The summed E-state index contributed by atoms with van der Waals surface area (Å²) in [5.41, 5.74) is 2.53. The Morgan fingerprint density at radius 3 is 2.61 bits per heavy atom. The first-order valence-corrected chi connectivity index (χ1v) is 12.4. The molecule has 1 unspecified atom stereocenters. The van der Waals surface area contributed by atoms with Crippen LogP contribution in [0.15, 0.2) is 45.8 Å². The topological polar surface area (TPSA) is 91.8 Å². The highest BCUT2D eigenvalue weighted by Gasteiger charge is 2.20. The third-order valence-corrected chi connectivity index (χ3v) is 7.01. The van der Waals surface area contributed by atoms with E-state index in [2.05, 4.69) is 26.4 Å². The Morgan fingerprint density at radius 1 is 1.16 bits per heavy atom. The summed E-state index contributed by atoms with van der Waals surface area (Å²) in [5.74, 6) is 0.751. The van der Waals surface area contributed by atoms with E-state index >= 15 is 0 Å². The number of halogens is 1. The molecule has 1 atom stereocenters. The Hall–Kier alpha value is -1.17. The zero-order valence-electron chi connectivity index (χ0n) is 18.2. The third kappa shape index (κ3) is 8.70. The van der Waals surface area contributed by atoms with E-state index in [0.29, 0.717) is 19.7 Å². The summed E-state index contributed by atoms with van der Waals surface area (Å²) in [6, 6.07) is 6.93. The minimum atomic E-state index is -3.52. The molecule has 0 amide bonds. The number of rotatable bonds is 9. The largest absolute Gasteiger partial charge is 0.377 e. The summed E-state index contributed by atoms with van der Waals surface area (Å²) in [5, 5.41) is 6.63. The molecule has 0 spiro atoms. The maximum Gasteiger partial charge on any atom is 0.240 e. The molecule has 0 bridgehead atoms. The molecular weight excluding hydrogens is 527 g/mol. The van der Waals surface area contributed by atoms with E-state index in [-0.39, 0.29) is 35.0 Å². The second-order valence-electron chi connectivity index (χ2n) is 7.84. The fourth-order valence-corrected chi connectivity index (χ4v) is 4.82. The zero-order chi connectivity index (χ0) is 21.2. The highest BCUT2D eigenvalue weighted by Crippen LogP contribution is 2.19. The van der Waals surface area contributed by atoms with Crippen LogP contribution >= 0.6 is 24.0 Å². The molecular formula is C22H35IN4O3S. The molecule has 1 aromatic rings. The molecule has 2 aliphatic rings. The normalized spacial score (nSPS) is 19.5. The van der Waals surface area contributed by atoms with E-state index in [4.69, 9.17) is 4.74 Å². The second kappa shape index (κ2) is 13.4. The van der Waals surface area contributed by atoms with Crippen molar-refractivity contribution in [3.05, 3.63) is 41.5 Å². The molecule has 0 aromatic heterocycles. The van der Waals surface area contributed by atoms with Crippen LogP contribution in [-0.4, -0.2) is 47.2 Å². The summed E-state index contributed by atoms with van der Waals surface area (Å²) in [4.78, 5) is 4.53. The van der Waals surface area contributed by atoms with Gasteiger partial charge in [0.25, 0.3) is 0 Å². The Bertz CT molecular complexity index is 835. The quantitative estimate of drug-likeness (QED) is 0.186. The number of nitrogens with zero attached hydrogens (tertiary/aromatic N) is 1. The maximum atomic E-state index is 12.4. The van der Waals surface area contributed by atoms with Gasteiger partial charge in [0.05, 0.1) is 11.0 Å². The average Bonchev–Trinajstić information content (AvgIpc) is 3.30. The van der Waals surface area contributed by atoms with Crippen molar-refractivity contribution in [3.63, 3.8) is 0 Å². The minimum absolute atomic E-state index is 0. The lowest BCUT2D eigenvalue weighted by Crippen LogP contribution is -2.37. The number of nitrogens with one attached hydrogen (secondary N) is 3. The molecule has 3 N–H and O–H groups in total. The van der Waals surface area contributed by atoms with Gasteiger partial charge < -0.3 is 15.4 Å². The van der Waals surface area contributed by atoms with Crippen molar-refractivity contribution in [3.8, 4) is 0 Å². The molecule has 1 saturated heterocycles. The van der Waals surface area contributed by atoms with Crippen LogP contribution < -0.4 is 15.4 Å². The van der Waals surface area contributed by atoms with E-state index in [0.717, 1.165) is 37.3 Å².